The maximum atomic E-state index is 2.49. The number of hydrogen-bond acceptors (Lipinski definition) is 0. The predicted molar refractivity (Wildman–Crippen MR) is 211 cm³/mol. The van der Waals surface area contributed by atoms with Gasteiger partial charge < -0.3 is 0 Å². The summed E-state index contributed by atoms with van der Waals surface area (Å²) in [5.41, 5.74) is 14.3. The average Bonchev–Trinajstić information content (AvgIpc) is 3.48. The lowest BCUT2D eigenvalue weighted by atomic mass is 9.81. The van der Waals surface area contributed by atoms with E-state index in [2.05, 4.69) is 171 Å². The molecule has 226 valence electrons. The molecule has 0 saturated carbocycles. The molecular weight excluding hydrogens is 589 g/mol. The highest BCUT2D eigenvalue weighted by Gasteiger charge is 2.30. The molecule has 0 saturated heterocycles. The number of rotatable bonds is 3. The molecule has 1 aliphatic carbocycles. The van der Waals surface area contributed by atoms with Crippen molar-refractivity contribution in [2.45, 2.75) is 6.92 Å². The molecule has 0 bridgehead atoms. The van der Waals surface area contributed by atoms with Crippen molar-refractivity contribution in [1.29, 1.82) is 0 Å². The Kier molecular flexibility index (Phi) is 5.41. The summed E-state index contributed by atoms with van der Waals surface area (Å²) >= 11 is 0. The zero-order valence-corrected chi connectivity index (χ0v) is 27.1. The molecule has 1 aliphatic rings. The highest BCUT2D eigenvalue weighted by molar-refractivity contribution is 6.29. The van der Waals surface area contributed by atoms with Crippen LogP contribution in [0.4, 0.5) is 0 Å². The second-order valence-electron chi connectivity index (χ2n) is 13.6. The third kappa shape index (κ3) is 3.64. The number of hydrogen-bond donors (Lipinski definition) is 0. The van der Waals surface area contributed by atoms with Crippen LogP contribution in [0.5, 0.6) is 0 Å². The minimum atomic E-state index is 1.25. The summed E-state index contributed by atoms with van der Waals surface area (Å²) in [6.45, 7) is 2.28. The SMILES string of the molecule is Cc1cc2cccc3ccc4ccc(-c5ccc6c(-c7ccccc7)c7c(c(-c8ccccc8)c6c5)-c5cccc6cccc-7c56)c1c4c32. The molecule has 0 heteroatoms. The van der Waals surface area contributed by atoms with Crippen LogP contribution in [-0.4, -0.2) is 0 Å². The molecule has 0 amide bonds. The first kappa shape index (κ1) is 26.8. The minimum absolute atomic E-state index is 1.25. The number of fused-ring (bicyclic) bond motifs is 4. The molecule has 10 aromatic carbocycles. The highest BCUT2D eigenvalue weighted by atomic mass is 14.3. The van der Waals surface area contributed by atoms with E-state index in [1.165, 1.54) is 115 Å². The fourth-order valence-corrected chi connectivity index (χ4v) is 9.06. The summed E-state index contributed by atoms with van der Waals surface area (Å²) in [4.78, 5) is 0. The van der Waals surface area contributed by atoms with Crippen LogP contribution in [0.1, 0.15) is 5.56 Å². The molecule has 0 unspecified atom stereocenters. The first-order valence-electron chi connectivity index (χ1n) is 17.2. The lowest BCUT2D eigenvalue weighted by Gasteiger charge is -2.22. The van der Waals surface area contributed by atoms with Gasteiger partial charge in [-0.2, -0.15) is 0 Å². The maximum absolute atomic E-state index is 2.49. The van der Waals surface area contributed by atoms with Gasteiger partial charge in [0.2, 0.25) is 0 Å². The third-order valence-corrected chi connectivity index (χ3v) is 11.0. The van der Waals surface area contributed by atoms with Crippen molar-refractivity contribution >= 4 is 53.9 Å². The Morgan fingerprint density at radius 3 is 1.51 bits per heavy atom. The Balaban J connectivity index is 1.32. The van der Waals surface area contributed by atoms with Gasteiger partial charge in [-0.15, -0.1) is 0 Å². The number of aryl methyl sites for hydroxylation is 1. The molecule has 0 N–H and O–H groups in total. The monoisotopic (exact) mass is 618 g/mol. The summed E-state index contributed by atoms with van der Waals surface area (Å²) in [5, 5.41) is 13.2. The molecule has 10 aromatic rings. The van der Waals surface area contributed by atoms with E-state index in [1.54, 1.807) is 0 Å². The van der Waals surface area contributed by atoms with Crippen LogP contribution in [0.25, 0.3) is 109 Å². The molecule has 0 aromatic heterocycles. The van der Waals surface area contributed by atoms with Crippen molar-refractivity contribution in [2.75, 3.05) is 0 Å². The van der Waals surface area contributed by atoms with Crippen LogP contribution in [0.2, 0.25) is 0 Å². The quantitative estimate of drug-likeness (QED) is 0.173. The molecule has 0 nitrogen and oxygen atoms in total. The van der Waals surface area contributed by atoms with Gasteiger partial charge in [0, 0.05) is 0 Å². The van der Waals surface area contributed by atoms with Crippen molar-refractivity contribution in [1.82, 2.24) is 0 Å². The topological polar surface area (TPSA) is 0 Å². The molecule has 11 rings (SSSR count). The van der Waals surface area contributed by atoms with Gasteiger partial charge in [0.05, 0.1) is 0 Å². The maximum Gasteiger partial charge on any atom is -0.000741 e. The van der Waals surface area contributed by atoms with E-state index in [4.69, 9.17) is 0 Å². The fraction of sp³-hybridized carbons (Fsp3) is 0.0204. The van der Waals surface area contributed by atoms with Crippen LogP contribution in [0.3, 0.4) is 0 Å². The minimum Gasteiger partial charge on any atom is -0.0622 e. The van der Waals surface area contributed by atoms with Gasteiger partial charge >= 0.3 is 0 Å². The van der Waals surface area contributed by atoms with Crippen molar-refractivity contribution in [3.05, 3.63) is 169 Å². The summed E-state index contributed by atoms with van der Waals surface area (Å²) < 4.78 is 0. The van der Waals surface area contributed by atoms with E-state index < -0.39 is 0 Å². The van der Waals surface area contributed by atoms with Crippen LogP contribution >= 0.6 is 0 Å². The van der Waals surface area contributed by atoms with Gasteiger partial charge in [0.1, 0.15) is 0 Å². The van der Waals surface area contributed by atoms with Gasteiger partial charge in [-0.1, -0.05) is 158 Å². The van der Waals surface area contributed by atoms with Gasteiger partial charge in [0.25, 0.3) is 0 Å². The molecule has 0 aliphatic heterocycles. The fourth-order valence-electron chi connectivity index (χ4n) is 9.06. The Morgan fingerprint density at radius 1 is 0.286 bits per heavy atom. The molecule has 0 heterocycles. The Hall–Kier alpha value is -6.24. The van der Waals surface area contributed by atoms with Crippen molar-refractivity contribution in [3.8, 4) is 55.6 Å². The van der Waals surface area contributed by atoms with E-state index >= 15 is 0 Å². The Morgan fingerprint density at radius 2 is 0.837 bits per heavy atom. The van der Waals surface area contributed by atoms with Crippen molar-refractivity contribution in [2.24, 2.45) is 0 Å². The molecule has 0 atom stereocenters. The standard InChI is InChI=1S/C49H30/c1-29-27-36-18-8-15-33-21-22-34-23-25-37(42(29)47(34)43(33)36)35-24-26-38-41(28-35)46(32-13-6-3-7-14-32)49-40-20-10-17-30-16-9-19-39(44(30)40)48(49)45(38)31-11-4-2-5-12-31/h2-28H,1H3. The molecule has 0 fully saturated rings. The summed E-state index contributed by atoms with van der Waals surface area (Å²) in [6.07, 6.45) is 0. The molecular formula is C49H30. The van der Waals surface area contributed by atoms with E-state index in [9.17, 15) is 0 Å². The van der Waals surface area contributed by atoms with Gasteiger partial charge in [-0.3, -0.25) is 0 Å². The number of benzene rings is 10. The van der Waals surface area contributed by atoms with Crippen LogP contribution in [0.15, 0.2) is 164 Å². The Labute approximate surface area is 284 Å². The first-order valence-corrected chi connectivity index (χ1v) is 17.2. The van der Waals surface area contributed by atoms with Crippen molar-refractivity contribution in [3.63, 3.8) is 0 Å². The Bertz CT molecular complexity index is 2960. The van der Waals surface area contributed by atoms with Crippen LogP contribution in [0, 0.1) is 6.92 Å². The molecule has 49 heavy (non-hydrogen) atoms. The summed E-state index contributed by atoms with van der Waals surface area (Å²) in [6, 6.07) is 61.2. The zero-order chi connectivity index (χ0) is 32.2. The smallest absolute Gasteiger partial charge is 0.000741 e. The second kappa shape index (κ2) is 9.89. The van der Waals surface area contributed by atoms with Crippen LogP contribution < -0.4 is 0 Å². The third-order valence-electron chi connectivity index (χ3n) is 11.0. The predicted octanol–water partition coefficient (Wildman–Crippen LogP) is 13.8. The second-order valence-corrected chi connectivity index (χ2v) is 13.6. The zero-order valence-electron chi connectivity index (χ0n) is 27.1. The first-order chi connectivity index (χ1) is 24.2. The summed E-state index contributed by atoms with van der Waals surface area (Å²) in [5.74, 6) is 0. The normalized spacial score (nSPS) is 12.2. The van der Waals surface area contributed by atoms with Crippen molar-refractivity contribution < 1.29 is 0 Å². The lowest BCUT2D eigenvalue weighted by Crippen LogP contribution is -1.95. The molecule has 0 radical (unpaired) electrons. The summed E-state index contributed by atoms with van der Waals surface area (Å²) in [7, 11) is 0. The van der Waals surface area contributed by atoms with Gasteiger partial charge in [0.15, 0.2) is 0 Å². The lowest BCUT2D eigenvalue weighted by molar-refractivity contribution is 1.55. The van der Waals surface area contributed by atoms with Gasteiger partial charge in [-0.25, -0.2) is 0 Å². The molecule has 0 spiro atoms. The van der Waals surface area contributed by atoms with E-state index in [-0.39, 0.29) is 0 Å². The largest absolute Gasteiger partial charge is 0.0622 e. The van der Waals surface area contributed by atoms with Crippen LogP contribution in [-0.2, 0) is 0 Å². The van der Waals surface area contributed by atoms with Gasteiger partial charge in [-0.05, 0) is 128 Å². The average molecular weight is 619 g/mol. The van der Waals surface area contributed by atoms with E-state index in [1.807, 2.05) is 0 Å². The van der Waals surface area contributed by atoms with E-state index in [0.717, 1.165) is 0 Å². The van der Waals surface area contributed by atoms with E-state index in [0.29, 0.717) is 0 Å². The highest BCUT2D eigenvalue weighted by Crippen LogP contribution is 2.58.